The highest BCUT2D eigenvalue weighted by molar-refractivity contribution is 5.30. The number of ether oxygens (including phenoxy) is 1. The van der Waals surface area contributed by atoms with Crippen molar-refractivity contribution in [2.75, 3.05) is 26.8 Å². The van der Waals surface area contributed by atoms with E-state index >= 15 is 0 Å². The molecule has 0 heterocycles. The molecule has 130 valence electrons. The summed E-state index contributed by atoms with van der Waals surface area (Å²) in [6, 6.07) is 16.7. The highest BCUT2D eigenvalue weighted by Crippen LogP contribution is 2.14. The molecule has 0 aliphatic heterocycles. The van der Waals surface area contributed by atoms with Crippen LogP contribution in [0.3, 0.4) is 0 Å². The van der Waals surface area contributed by atoms with Gasteiger partial charge in [0, 0.05) is 26.7 Å². The number of rotatable bonds is 9. The van der Waals surface area contributed by atoms with Crippen LogP contribution in [0.5, 0.6) is 0 Å². The highest BCUT2D eigenvalue weighted by Gasteiger charge is 2.14. The second-order valence-electron chi connectivity index (χ2n) is 6.50. The number of aliphatic hydroxyl groups is 1. The van der Waals surface area contributed by atoms with Crippen LogP contribution in [-0.2, 0) is 17.7 Å². The molecule has 2 aromatic rings. The van der Waals surface area contributed by atoms with Gasteiger partial charge in [0.1, 0.15) is 0 Å². The van der Waals surface area contributed by atoms with E-state index in [2.05, 4.69) is 49.1 Å². The van der Waals surface area contributed by atoms with E-state index in [1.54, 1.807) is 7.11 Å². The molecule has 0 aromatic heterocycles. The zero-order valence-corrected chi connectivity index (χ0v) is 15.0. The molecule has 0 amide bonds. The summed E-state index contributed by atoms with van der Waals surface area (Å²) >= 11 is 0. The largest absolute Gasteiger partial charge is 0.391 e. The van der Waals surface area contributed by atoms with Crippen LogP contribution in [-0.4, -0.2) is 42.9 Å². The Morgan fingerprint density at radius 1 is 1.08 bits per heavy atom. The van der Waals surface area contributed by atoms with Crippen LogP contribution < -0.4 is 0 Å². The number of aliphatic hydroxyl groups excluding tert-OH is 1. The summed E-state index contributed by atoms with van der Waals surface area (Å²) < 4.78 is 5.24. The van der Waals surface area contributed by atoms with Gasteiger partial charge in [0.05, 0.1) is 12.7 Å². The number of methoxy groups -OCH3 is 1. The van der Waals surface area contributed by atoms with Gasteiger partial charge in [0.2, 0.25) is 0 Å². The molecule has 2 aromatic carbocycles. The Kier molecular flexibility index (Phi) is 7.44. The minimum absolute atomic E-state index is 0.380. The minimum Gasteiger partial charge on any atom is -0.391 e. The topological polar surface area (TPSA) is 32.7 Å². The molecule has 24 heavy (non-hydrogen) atoms. The first-order valence-electron chi connectivity index (χ1n) is 8.58. The molecule has 0 aliphatic carbocycles. The summed E-state index contributed by atoms with van der Waals surface area (Å²) in [5.74, 6) is 0. The lowest BCUT2D eigenvalue weighted by atomic mass is 10.0. The summed E-state index contributed by atoms with van der Waals surface area (Å²) in [4.78, 5) is 2.28. The first-order valence-corrected chi connectivity index (χ1v) is 8.58. The maximum absolute atomic E-state index is 10.5. The fourth-order valence-electron chi connectivity index (χ4n) is 2.92. The Labute approximate surface area is 145 Å². The summed E-state index contributed by atoms with van der Waals surface area (Å²) in [5, 5.41) is 10.5. The Balaban J connectivity index is 2.00. The Morgan fingerprint density at radius 2 is 1.83 bits per heavy atom. The van der Waals surface area contributed by atoms with Gasteiger partial charge in [-0.1, -0.05) is 54.1 Å². The van der Waals surface area contributed by atoms with Crippen molar-refractivity contribution in [3.05, 3.63) is 70.8 Å². The van der Waals surface area contributed by atoms with Crippen molar-refractivity contribution in [2.45, 2.75) is 32.9 Å². The lowest BCUT2D eigenvalue weighted by Crippen LogP contribution is -2.35. The Morgan fingerprint density at radius 3 is 2.54 bits per heavy atom. The SMILES string of the molecule is COCCN(Cc1cc(C)ccc1C)CC(O)Cc1ccccc1. The van der Waals surface area contributed by atoms with Crippen molar-refractivity contribution >= 4 is 0 Å². The van der Waals surface area contributed by atoms with Gasteiger partial charge >= 0.3 is 0 Å². The average molecular weight is 327 g/mol. The lowest BCUT2D eigenvalue weighted by Gasteiger charge is -2.26. The predicted molar refractivity (Wildman–Crippen MR) is 99.2 cm³/mol. The van der Waals surface area contributed by atoms with E-state index in [-0.39, 0.29) is 6.10 Å². The molecule has 0 aliphatic rings. The summed E-state index contributed by atoms with van der Waals surface area (Å²) in [6.07, 6.45) is 0.297. The average Bonchev–Trinajstić information content (AvgIpc) is 2.56. The molecule has 1 N–H and O–H groups in total. The number of hydrogen-bond donors (Lipinski definition) is 1. The van der Waals surface area contributed by atoms with Gasteiger partial charge in [0.25, 0.3) is 0 Å². The Hall–Kier alpha value is -1.68. The van der Waals surface area contributed by atoms with Gasteiger partial charge in [0.15, 0.2) is 0 Å². The van der Waals surface area contributed by atoms with Crippen LogP contribution in [0.1, 0.15) is 22.3 Å². The third-order valence-electron chi connectivity index (χ3n) is 4.29. The third kappa shape index (κ3) is 6.08. The van der Waals surface area contributed by atoms with Crippen LogP contribution in [0, 0.1) is 13.8 Å². The van der Waals surface area contributed by atoms with E-state index < -0.39 is 0 Å². The highest BCUT2D eigenvalue weighted by atomic mass is 16.5. The van der Waals surface area contributed by atoms with Gasteiger partial charge in [-0.05, 0) is 37.0 Å². The van der Waals surface area contributed by atoms with Gasteiger partial charge < -0.3 is 9.84 Å². The van der Waals surface area contributed by atoms with Crippen molar-refractivity contribution in [1.82, 2.24) is 4.90 Å². The maximum atomic E-state index is 10.5. The zero-order valence-electron chi connectivity index (χ0n) is 15.0. The summed E-state index contributed by atoms with van der Waals surface area (Å²) in [6.45, 7) is 7.23. The zero-order chi connectivity index (χ0) is 17.4. The van der Waals surface area contributed by atoms with E-state index in [1.165, 1.54) is 22.3 Å². The molecule has 2 rings (SSSR count). The molecule has 0 spiro atoms. The smallest absolute Gasteiger partial charge is 0.0707 e. The molecule has 1 atom stereocenters. The van der Waals surface area contributed by atoms with Crippen LogP contribution in [0.25, 0.3) is 0 Å². The number of aryl methyl sites for hydroxylation is 2. The maximum Gasteiger partial charge on any atom is 0.0707 e. The van der Waals surface area contributed by atoms with E-state index in [4.69, 9.17) is 4.74 Å². The summed E-state index contributed by atoms with van der Waals surface area (Å²) in [7, 11) is 1.72. The molecule has 0 radical (unpaired) electrons. The number of nitrogens with zero attached hydrogens (tertiary/aromatic N) is 1. The lowest BCUT2D eigenvalue weighted by molar-refractivity contribution is 0.0850. The second kappa shape index (κ2) is 9.58. The van der Waals surface area contributed by atoms with Crippen molar-refractivity contribution in [1.29, 1.82) is 0 Å². The normalized spacial score (nSPS) is 12.5. The number of hydrogen-bond acceptors (Lipinski definition) is 3. The van der Waals surface area contributed by atoms with E-state index in [1.807, 2.05) is 18.2 Å². The molecule has 0 saturated heterocycles. The minimum atomic E-state index is -0.380. The van der Waals surface area contributed by atoms with Crippen LogP contribution >= 0.6 is 0 Å². The van der Waals surface area contributed by atoms with Crippen LogP contribution in [0.15, 0.2) is 48.5 Å². The Bertz CT molecular complexity index is 612. The van der Waals surface area contributed by atoms with Crippen LogP contribution in [0.4, 0.5) is 0 Å². The molecule has 0 fully saturated rings. The number of benzene rings is 2. The quantitative estimate of drug-likeness (QED) is 0.766. The molecule has 0 saturated carbocycles. The van der Waals surface area contributed by atoms with Crippen molar-refractivity contribution in [2.24, 2.45) is 0 Å². The fourth-order valence-corrected chi connectivity index (χ4v) is 2.92. The molecular formula is C21H29NO2. The fraction of sp³-hybridized carbons (Fsp3) is 0.429. The molecule has 0 bridgehead atoms. The van der Waals surface area contributed by atoms with E-state index in [0.29, 0.717) is 19.6 Å². The molecule has 1 unspecified atom stereocenters. The van der Waals surface area contributed by atoms with E-state index in [0.717, 1.165) is 13.1 Å². The van der Waals surface area contributed by atoms with Gasteiger partial charge in [-0.25, -0.2) is 0 Å². The van der Waals surface area contributed by atoms with Gasteiger partial charge in [-0.3, -0.25) is 4.90 Å². The first-order chi connectivity index (χ1) is 11.6. The molecule has 3 heteroatoms. The van der Waals surface area contributed by atoms with Gasteiger partial charge in [-0.2, -0.15) is 0 Å². The summed E-state index contributed by atoms with van der Waals surface area (Å²) in [5.41, 5.74) is 5.05. The first kappa shape index (κ1) is 18.7. The van der Waals surface area contributed by atoms with E-state index in [9.17, 15) is 5.11 Å². The predicted octanol–water partition coefficient (Wildman–Crippen LogP) is 3.36. The van der Waals surface area contributed by atoms with Crippen molar-refractivity contribution in [3.8, 4) is 0 Å². The standard InChI is InChI=1S/C21H29NO2/c1-17-9-10-18(2)20(13-17)15-22(11-12-24-3)16-21(23)14-19-7-5-4-6-8-19/h4-10,13,21,23H,11-12,14-16H2,1-3H3. The van der Waals surface area contributed by atoms with Gasteiger partial charge in [-0.15, -0.1) is 0 Å². The van der Waals surface area contributed by atoms with Crippen molar-refractivity contribution in [3.63, 3.8) is 0 Å². The third-order valence-corrected chi connectivity index (χ3v) is 4.29. The van der Waals surface area contributed by atoms with Crippen molar-refractivity contribution < 1.29 is 9.84 Å². The molecule has 3 nitrogen and oxygen atoms in total. The van der Waals surface area contributed by atoms with Crippen LogP contribution in [0.2, 0.25) is 0 Å². The second-order valence-corrected chi connectivity index (χ2v) is 6.50. The monoisotopic (exact) mass is 327 g/mol. The molecular weight excluding hydrogens is 298 g/mol.